The molecule has 3 nitrogen and oxygen atoms in total. The second-order valence-corrected chi connectivity index (χ2v) is 6.29. The number of aryl methyl sites for hydroxylation is 1. The van der Waals surface area contributed by atoms with Gasteiger partial charge < -0.3 is 0 Å². The highest BCUT2D eigenvalue weighted by Gasteiger charge is 2.18. The summed E-state index contributed by atoms with van der Waals surface area (Å²) in [5.74, 6) is -2.52. The average molecular weight is 318 g/mol. The highest BCUT2D eigenvalue weighted by molar-refractivity contribution is 7.92. The molecule has 2 rings (SSSR count). The van der Waals surface area contributed by atoms with Gasteiger partial charge in [0.15, 0.2) is 11.6 Å². The summed E-state index contributed by atoms with van der Waals surface area (Å²) >= 11 is 5.58. The van der Waals surface area contributed by atoms with Crippen molar-refractivity contribution >= 4 is 27.3 Å². The smallest absolute Gasteiger partial charge is 0.261 e. The van der Waals surface area contributed by atoms with Crippen LogP contribution in [-0.4, -0.2) is 8.42 Å². The lowest BCUT2D eigenvalue weighted by Gasteiger charge is -2.10. The van der Waals surface area contributed by atoms with Crippen LogP contribution in [0.3, 0.4) is 0 Å². The van der Waals surface area contributed by atoms with Gasteiger partial charge in [-0.05, 0) is 31.2 Å². The van der Waals surface area contributed by atoms with E-state index < -0.39 is 27.3 Å². The van der Waals surface area contributed by atoms with Crippen molar-refractivity contribution < 1.29 is 17.2 Å². The molecule has 2 aromatic carbocycles. The zero-order chi connectivity index (χ0) is 14.9. The SMILES string of the molecule is Cc1ccc(S(=O)(=O)Nc2cc(Cl)cc(F)c2F)cc1. The van der Waals surface area contributed by atoms with Crippen molar-refractivity contribution in [1.82, 2.24) is 0 Å². The normalized spacial score (nSPS) is 11.4. The van der Waals surface area contributed by atoms with Crippen molar-refractivity contribution in [1.29, 1.82) is 0 Å². The van der Waals surface area contributed by atoms with Gasteiger partial charge in [0.25, 0.3) is 10.0 Å². The fraction of sp³-hybridized carbons (Fsp3) is 0.0769. The molecule has 0 saturated heterocycles. The van der Waals surface area contributed by atoms with Crippen molar-refractivity contribution in [2.45, 2.75) is 11.8 Å². The molecule has 0 radical (unpaired) electrons. The molecule has 0 saturated carbocycles. The number of rotatable bonds is 3. The number of nitrogens with one attached hydrogen (secondary N) is 1. The minimum Gasteiger partial charge on any atom is -0.276 e. The second kappa shape index (κ2) is 5.38. The molecule has 106 valence electrons. The summed E-state index contributed by atoms with van der Waals surface area (Å²) in [7, 11) is -4.00. The maximum absolute atomic E-state index is 13.5. The lowest BCUT2D eigenvalue weighted by molar-refractivity contribution is 0.511. The van der Waals surface area contributed by atoms with E-state index in [0.29, 0.717) is 0 Å². The van der Waals surface area contributed by atoms with Crippen LogP contribution in [0, 0.1) is 18.6 Å². The van der Waals surface area contributed by atoms with E-state index in [-0.39, 0.29) is 9.92 Å². The molecule has 0 spiro atoms. The Labute approximate surface area is 120 Å². The van der Waals surface area contributed by atoms with E-state index in [0.717, 1.165) is 17.7 Å². The molecule has 20 heavy (non-hydrogen) atoms. The molecule has 0 aliphatic heterocycles. The van der Waals surface area contributed by atoms with Crippen molar-refractivity contribution in [3.05, 3.63) is 58.6 Å². The Kier molecular flexibility index (Phi) is 3.96. The summed E-state index contributed by atoms with van der Waals surface area (Å²) in [6, 6.07) is 7.71. The van der Waals surface area contributed by atoms with Crippen molar-refractivity contribution in [2.75, 3.05) is 4.72 Å². The van der Waals surface area contributed by atoms with E-state index in [1.165, 1.54) is 12.1 Å². The van der Waals surface area contributed by atoms with Gasteiger partial charge in [0, 0.05) is 5.02 Å². The lowest BCUT2D eigenvalue weighted by Crippen LogP contribution is -2.14. The van der Waals surface area contributed by atoms with Gasteiger partial charge in [0.2, 0.25) is 0 Å². The van der Waals surface area contributed by atoms with E-state index in [1.807, 2.05) is 4.72 Å². The molecule has 0 aromatic heterocycles. The zero-order valence-corrected chi connectivity index (χ0v) is 11.9. The maximum atomic E-state index is 13.5. The molecular formula is C13H10ClF2NO2S. The topological polar surface area (TPSA) is 46.2 Å². The fourth-order valence-electron chi connectivity index (χ4n) is 1.55. The minimum absolute atomic E-state index is 0.0529. The molecule has 0 bridgehead atoms. The maximum Gasteiger partial charge on any atom is 0.261 e. The summed E-state index contributed by atoms with van der Waals surface area (Å²) in [6.07, 6.45) is 0. The van der Waals surface area contributed by atoms with E-state index in [1.54, 1.807) is 19.1 Å². The predicted octanol–water partition coefficient (Wildman–Crippen LogP) is 3.73. The summed E-state index contributed by atoms with van der Waals surface area (Å²) in [5, 5.41) is -0.106. The van der Waals surface area contributed by atoms with E-state index in [2.05, 4.69) is 0 Å². The molecule has 1 N–H and O–H groups in total. The second-order valence-electron chi connectivity index (χ2n) is 4.17. The van der Waals surface area contributed by atoms with E-state index in [4.69, 9.17) is 11.6 Å². The molecule has 0 heterocycles. The third kappa shape index (κ3) is 3.08. The van der Waals surface area contributed by atoms with Gasteiger partial charge in [0.1, 0.15) is 0 Å². The highest BCUT2D eigenvalue weighted by atomic mass is 35.5. The van der Waals surface area contributed by atoms with Gasteiger partial charge >= 0.3 is 0 Å². The number of sulfonamides is 1. The first-order valence-electron chi connectivity index (χ1n) is 5.53. The largest absolute Gasteiger partial charge is 0.276 e. The summed E-state index contributed by atoms with van der Waals surface area (Å²) in [6.45, 7) is 1.80. The number of benzene rings is 2. The van der Waals surface area contributed by atoms with Crippen LogP contribution in [0.2, 0.25) is 5.02 Å². The molecule has 0 aliphatic rings. The van der Waals surface area contributed by atoms with Crippen molar-refractivity contribution in [2.24, 2.45) is 0 Å². The van der Waals surface area contributed by atoms with Crippen molar-refractivity contribution in [3.63, 3.8) is 0 Å². The first-order valence-corrected chi connectivity index (χ1v) is 7.40. The Morgan fingerprint density at radius 3 is 2.30 bits per heavy atom. The average Bonchev–Trinajstić information content (AvgIpc) is 2.35. The Bertz CT molecular complexity index is 746. The monoisotopic (exact) mass is 317 g/mol. The third-order valence-corrected chi connectivity index (χ3v) is 4.17. The molecule has 7 heteroatoms. The van der Waals surface area contributed by atoms with E-state index in [9.17, 15) is 17.2 Å². The van der Waals surface area contributed by atoms with Gasteiger partial charge in [-0.25, -0.2) is 17.2 Å². The number of anilines is 1. The first-order chi connectivity index (χ1) is 9.29. The molecular weight excluding hydrogens is 308 g/mol. The summed E-state index contributed by atoms with van der Waals surface area (Å²) < 4.78 is 52.8. The van der Waals surface area contributed by atoms with Gasteiger partial charge in [-0.3, -0.25) is 4.72 Å². The Balaban J connectivity index is 2.41. The Hall–Kier alpha value is -1.66. The van der Waals surface area contributed by atoms with Crippen LogP contribution >= 0.6 is 11.6 Å². The molecule has 0 fully saturated rings. The quantitative estimate of drug-likeness (QED) is 0.877. The number of halogens is 3. The van der Waals surface area contributed by atoms with E-state index >= 15 is 0 Å². The molecule has 0 atom stereocenters. The fourth-order valence-corrected chi connectivity index (χ4v) is 2.81. The van der Waals surface area contributed by atoms with Crippen LogP contribution in [0.15, 0.2) is 41.3 Å². The predicted molar refractivity (Wildman–Crippen MR) is 73.4 cm³/mol. The van der Waals surface area contributed by atoms with Gasteiger partial charge in [-0.15, -0.1) is 0 Å². The Morgan fingerprint density at radius 2 is 1.70 bits per heavy atom. The van der Waals surface area contributed by atoms with Crippen LogP contribution in [0.1, 0.15) is 5.56 Å². The summed E-state index contributed by atoms with van der Waals surface area (Å²) in [5.41, 5.74) is 0.347. The molecule has 0 amide bonds. The highest BCUT2D eigenvalue weighted by Crippen LogP contribution is 2.25. The van der Waals surface area contributed by atoms with Crippen LogP contribution in [0.25, 0.3) is 0 Å². The van der Waals surface area contributed by atoms with Gasteiger partial charge in [-0.2, -0.15) is 0 Å². The Morgan fingerprint density at radius 1 is 1.10 bits per heavy atom. The first kappa shape index (κ1) is 14.7. The third-order valence-electron chi connectivity index (χ3n) is 2.57. The van der Waals surface area contributed by atoms with Crippen LogP contribution < -0.4 is 4.72 Å². The zero-order valence-electron chi connectivity index (χ0n) is 10.3. The molecule has 0 unspecified atom stereocenters. The number of hydrogen-bond donors (Lipinski definition) is 1. The minimum atomic E-state index is -4.00. The van der Waals surface area contributed by atoms with Gasteiger partial charge in [0.05, 0.1) is 10.6 Å². The standard InChI is InChI=1S/C13H10ClF2NO2S/c1-8-2-4-10(5-3-8)20(18,19)17-12-7-9(14)6-11(15)13(12)16/h2-7,17H,1H3. The van der Waals surface area contributed by atoms with Crippen LogP contribution in [0.4, 0.5) is 14.5 Å². The lowest BCUT2D eigenvalue weighted by atomic mass is 10.2. The summed E-state index contributed by atoms with van der Waals surface area (Å²) in [4.78, 5) is -0.0529. The molecule has 0 aliphatic carbocycles. The van der Waals surface area contributed by atoms with Crippen LogP contribution in [-0.2, 0) is 10.0 Å². The van der Waals surface area contributed by atoms with Crippen molar-refractivity contribution in [3.8, 4) is 0 Å². The molecule has 2 aromatic rings. The van der Waals surface area contributed by atoms with Crippen LogP contribution in [0.5, 0.6) is 0 Å². The van der Waals surface area contributed by atoms with Gasteiger partial charge in [-0.1, -0.05) is 29.3 Å². The number of hydrogen-bond acceptors (Lipinski definition) is 2.